The van der Waals surface area contributed by atoms with Gasteiger partial charge >= 0.3 is 12.1 Å². The number of hydrogen-bond donors (Lipinski definition) is 1. The molecule has 2 aromatic rings. The van der Waals surface area contributed by atoms with Crippen molar-refractivity contribution in [2.24, 2.45) is 5.92 Å². The number of rotatable bonds is 7. The number of benzene rings is 1. The highest BCUT2D eigenvalue weighted by atomic mass is 16.7. The van der Waals surface area contributed by atoms with Gasteiger partial charge in [-0.25, -0.2) is 4.79 Å². The highest BCUT2D eigenvalue weighted by Gasteiger charge is 2.27. The fourth-order valence-corrected chi connectivity index (χ4v) is 4.51. The van der Waals surface area contributed by atoms with E-state index >= 15 is 0 Å². The van der Waals surface area contributed by atoms with E-state index in [1.165, 1.54) is 10.3 Å². The molecule has 0 aliphatic carbocycles. The van der Waals surface area contributed by atoms with Crippen LogP contribution in [-0.2, 0) is 20.7 Å². The average Bonchev–Trinajstić information content (AvgIpc) is 3.21. The number of nitrogens with zero attached hydrogens (tertiary/aromatic N) is 3. The Labute approximate surface area is 200 Å². The lowest BCUT2D eigenvalue weighted by atomic mass is 9.96. The fraction of sp³-hybridized carbons (Fsp3) is 0.462. The van der Waals surface area contributed by atoms with Crippen molar-refractivity contribution in [1.82, 2.24) is 19.7 Å². The molecule has 0 saturated carbocycles. The molecule has 1 saturated heterocycles. The summed E-state index contributed by atoms with van der Waals surface area (Å²) in [5.74, 6) is -0.474. The van der Waals surface area contributed by atoms with Crippen LogP contribution in [0.1, 0.15) is 30.4 Å². The zero-order chi connectivity index (χ0) is 24.1. The molecule has 0 bridgehead atoms. The minimum atomic E-state index is -0.544. The molecular weight excluding hydrogens is 432 g/mol. The third-order valence-corrected chi connectivity index (χ3v) is 6.48. The van der Waals surface area contributed by atoms with E-state index in [-0.39, 0.29) is 18.7 Å². The predicted octanol–water partition coefficient (Wildman–Crippen LogP) is 3.60. The summed E-state index contributed by atoms with van der Waals surface area (Å²) in [5.41, 5.74) is 4.26. The predicted molar refractivity (Wildman–Crippen MR) is 131 cm³/mol. The molecule has 182 valence electrons. The number of aryl methyl sites for hydroxylation is 1. The molecule has 0 amide bonds. The van der Waals surface area contributed by atoms with Crippen LogP contribution in [0.2, 0.25) is 0 Å². The molecule has 0 spiro atoms. The molecule has 2 aliphatic heterocycles. The van der Waals surface area contributed by atoms with Crippen molar-refractivity contribution in [2.45, 2.75) is 32.6 Å². The second-order valence-corrected chi connectivity index (χ2v) is 9.26. The van der Waals surface area contributed by atoms with Crippen LogP contribution >= 0.6 is 0 Å². The smallest absolute Gasteiger partial charge is 0.421 e. The number of ether oxygens (including phenoxy) is 2. The van der Waals surface area contributed by atoms with Gasteiger partial charge in [0.15, 0.2) is 0 Å². The summed E-state index contributed by atoms with van der Waals surface area (Å²) in [4.78, 5) is 29.7. The standard InChI is InChI=1S/C26H34N4O4/c1-19-6-7-24-23(15-19)21(8-12-28(2)3)17-30(24)26(32)34-18-33-25(31)20-9-13-29(14-10-20)22-5-4-11-27-16-22/h4,6-7,11,15-17,20,27H,5,8-10,12-14,18H2,1-3H3. The fourth-order valence-electron chi connectivity index (χ4n) is 4.51. The van der Waals surface area contributed by atoms with Crippen molar-refractivity contribution in [1.29, 1.82) is 0 Å². The molecule has 1 aromatic heterocycles. The van der Waals surface area contributed by atoms with Gasteiger partial charge in [-0.05, 0) is 64.2 Å². The molecule has 8 heteroatoms. The van der Waals surface area contributed by atoms with Gasteiger partial charge in [0.2, 0.25) is 6.79 Å². The first-order valence-electron chi connectivity index (χ1n) is 11.9. The van der Waals surface area contributed by atoms with Crippen molar-refractivity contribution in [3.8, 4) is 0 Å². The monoisotopic (exact) mass is 466 g/mol. The van der Waals surface area contributed by atoms with Gasteiger partial charge in [0.25, 0.3) is 0 Å². The summed E-state index contributed by atoms with van der Waals surface area (Å²) < 4.78 is 12.1. The summed E-state index contributed by atoms with van der Waals surface area (Å²) in [6.07, 6.45) is 10.5. The molecule has 1 aromatic carbocycles. The maximum Gasteiger partial charge on any atom is 0.421 e. The summed E-state index contributed by atoms with van der Waals surface area (Å²) in [6, 6.07) is 5.99. The molecule has 0 unspecified atom stereocenters. The van der Waals surface area contributed by atoms with E-state index < -0.39 is 6.09 Å². The summed E-state index contributed by atoms with van der Waals surface area (Å²) in [6.45, 7) is 4.16. The van der Waals surface area contributed by atoms with Crippen LogP contribution in [0.4, 0.5) is 4.79 Å². The molecule has 8 nitrogen and oxygen atoms in total. The van der Waals surface area contributed by atoms with Crippen molar-refractivity contribution in [2.75, 3.05) is 40.5 Å². The maximum atomic E-state index is 12.8. The molecule has 3 heterocycles. The molecular formula is C26H34N4O4. The average molecular weight is 467 g/mol. The van der Waals surface area contributed by atoms with Crippen LogP contribution in [0.25, 0.3) is 10.9 Å². The lowest BCUT2D eigenvalue weighted by molar-refractivity contribution is -0.158. The molecule has 2 aliphatic rings. The van der Waals surface area contributed by atoms with Gasteiger partial charge in [-0.3, -0.25) is 9.36 Å². The van der Waals surface area contributed by atoms with Gasteiger partial charge in [0.1, 0.15) is 0 Å². The quantitative estimate of drug-likeness (QED) is 0.494. The number of piperidine rings is 1. The SMILES string of the molecule is Cc1ccc2c(c1)c(CCN(C)C)cn2C(=O)OCOC(=O)C1CCN(C2=CNC=CC2)CC1. The van der Waals surface area contributed by atoms with E-state index in [1.54, 1.807) is 0 Å². The molecule has 0 atom stereocenters. The second kappa shape index (κ2) is 10.8. The van der Waals surface area contributed by atoms with E-state index in [4.69, 9.17) is 9.47 Å². The lowest BCUT2D eigenvalue weighted by Crippen LogP contribution is -2.37. The van der Waals surface area contributed by atoms with Crippen LogP contribution in [0, 0.1) is 12.8 Å². The lowest BCUT2D eigenvalue weighted by Gasteiger charge is -2.34. The van der Waals surface area contributed by atoms with Gasteiger partial charge in [0, 0.05) is 49.5 Å². The largest absolute Gasteiger partial charge is 0.428 e. The Morgan fingerprint density at radius 1 is 1.18 bits per heavy atom. The van der Waals surface area contributed by atoms with E-state index in [2.05, 4.69) is 27.3 Å². The first kappa shape index (κ1) is 23.9. The Hall–Kier alpha value is -3.26. The van der Waals surface area contributed by atoms with Gasteiger partial charge in [-0.15, -0.1) is 0 Å². The maximum absolute atomic E-state index is 12.8. The first-order chi connectivity index (χ1) is 16.4. The Kier molecular flexibility index (Phi) is 7.57. The number of likely N-dealkylation sites (N-methyl/N-ethyl adjacent to an activating group) is 1. The second-order valence-electron chi connectivity index (χ2n) is 9.26. The summed E-state index contributed by atoms with van der Waals surface area (Å²) in [5, 5.41) is 4.16. The normalized spacial score (nSPS) is 16.5. The number of dihydropyridines is 1. The van der Waals surface area contributed by atoms with Crippen molar-refractivity contribution in [3.63, 3.8) is 0 Å². The van der Waals surface area contributed by atoms with E-state index in [1.807, 2.05) is 51.7 Å². The number of allylic oxidation sites excluding steroid dienone is 1. The number of carbonyl (C=O) groups is 2. The topological polar surface area (TPSA) is 76.0 Å². The Balaban J connectivity index is 1.30. The molecule has 34 heavy (non-hydrogen) atoms. The van der Waals surface area contributed by atoms with E-state index in [0.29, 0.717) is 0 Å². The third-order valence-electron chi connectivity index (χ3n) is 6.48. The summed E-state index contributed by atoms with van der Waals surface area (Å²) in [7, 11) is 4.05. The van der Waals surface area contributed by atoms with Crippen LogP contribution in [0.5, 0.6) is 0 Å². The van der Waals surface area contributed by atoms with Crippen molar-refractivity contribution < 1.29 is 19.1 Å². The van der Waals surface area contributed by atoms with Crippen LogP contribution in [0.15, 0.2) is 48.6 Å². The van der Waals surface area contributed by atoms with Gasteiger partial charge < -0.3 is 24.6 Å². The molecule has 1 fully saturated rings. The molecule has 0 radical (unpaired) electrons. The number of aromatic nitrogens is 1. The van der Waals surface area contributed by atoms with E-state index in [0.717, 1.165) is 67.3 Å². The number of fused-ring (bicyclic) bond motifs is 1. The Bertz CT molecular complexity index is 1090. The Morgan fingerprint density at radius 2 is 1.97 bits per heavy atom. The molecule has 4 rings (SSSR count). The van der Waals surface area contributed by atoms with Crippen molar-refractivity contribution >= 4 is 23.0 Å². The van der Waals surface area contributed by atoms with E-state index in [9.17, 15) is 9.59 Å². The molecule has 1 N–H and O–H groups in total. The number of hydrogen-bond acceptors (Lipinski definition) is 7. The number of likely N-dealkylation sites (tertiary alicyclic amines) is 1. The minimum Gasteiger partial charge on any atom is -0.428 e. The number of esters is 1. The third kappa shape index (κ3) is 5.62. The first-order valence-corrected chi connectivity index (χ1v) is 11.9. The number of nitrogens with one attached hydrogen (secondary N) is 1. The van der Waals surface area contributed by atoms with Gasteiger partial charge in [0.05, 0.1) is 11.4 Å². The highest BCUT2D eigenvalue weighted by Crippen LogP contribution is 2.25. The van der Waals surface area contributed by atoms with Gasteiger partial charge in [-0.2, -0.15) is 0 Å². The van der Waals surface area contributed by atoms with Crippen LogP contribution in [0.3, 0.4) is 0 Å². The number of carbonyl (C=O) groups excluding carboxylic acids is 2. The zero-order valence-corrected chi connectivity index (χ0v) is 20.3. The van der Waals surface area contributed by atoms with Crippen molar-refractivity contribution in [3.05, 3.63) is 59.7 Å². The van der Waals surface area contributed by atoms with Crippen LogP contribution < -0.4 is 5.32 Å². The zero-order valence-electron chi connectivity index (χ0n) is 20.3. The Morgan fingerprint density at radius 3 is 2.68 bits per heavy atom. The summed E-state index contributed by atoms with van der Waals surface area (Å²) >= 11 is 0. The van der Waals surface area contributed by atoms with Crippen LogP contribution in [-0.4, -0.2) is 67.0 Å². The highest BCUT2D eigenvalue weighted by molar-refractivity contribution is 5.92. The van der Waals surface area contributed by atoms with Gasteiger partial charge in [-0.1, -0.05) is 17.7 Å². The minimum absolute atomic E-state index is 0.171.